The molecule has 0 saturated heterocycles. The van der Waals surface area contributed by atoms with Crippen molar-refractivity contribution in [2.24, 2.45) is 0 Å². The number of nitrogens with zero attached hydrogens (tertiary/aromatic N) is 1. The van der Waals surface area contributed by atoms with Crippen LogP contribution in [0.5, 0.6) is 0 Å². The van der Waals surface area contributed by atoms with E-state index in [4.69, 9.17) is 0 Å². The molecule has 1 N–H and O–H groups in total. The van der Waals surface area contributed by atoms with Gasteiger partial charge in [-0.25, -0.2) is 0 Å². The van der Waals surface area contributed by atoms with Crippen molar-refractivity contribution in [2.45, 2.75) is 58.5 Å². The van der Waals surface area contributed by atoms with Gasteiger partial charge in [0, 0.05) is 6.04 Å². The lowest BCUT2D eigenvalue weighted by atomic mass is 9.89. The van der Waals surface area contributed by atoms with E-state index in [0.29, 0.717) is 18.9 Å². The van der Waals surface area contributed by atoms with Crippen LogP contribution >= 0.6 is 0 Å². The van der Waals surface area contributed by atoms with Gasteiger partial charge in [-0.05, 0) is 33.2 Å². The molecule has 14 heavy (non-hydrogen) atoms. The van der Waals surface area contributed by atoms with Gasteiger partial charge < -0.3 is 5.11 Å². The Bertz CT molecular complexity index is 188. The van der Waals surface area contributed by atoms with E-state index in [1.807, 2.05) is 25.8 Å². The summed E-state index contributed by atoms with van der Waals surface area (Å²) >= 11 is 0. The average Bonchev–Trinajstić information content (AvgIpc) is 2.18. The Hall–Kier alpha value is -0.570. The monoisotopic (exact) mass is 201 g/mol. The lowest BCUT2D eigenvalue weighted by molar-refractivity contribution is -0.153. The summed E-state index contributed by atoms with van der Waals surface area (Å²) in [7, 11) is 1.91. The summed E-state index contributed by atoms with van der Waals surface area (Å²) in [5, 5.41) is 9.30. The van der Waals surface area contributed by atoms with E-state index in [2.05, 4.69) is 13.8 Å². The molecule has 0 spiro atoms. The Kier molecular flexibility index (Phi) is 5.13. The molecule has 0 aromatic carbocycles. The van der Waals surface area contributed by atoms with E-state index in [9.17, 15) is 9.90 Å². The Morgan fingerprint density at radius 1 is 1.36 bits per heavy atom. The number of carboxylic acids is 1. The molecule has 0 radical (unpaired) electrons. The molecule has 3 heteroatoms. The van der Waals surface area contributed by atoms with Gasteiger partial charge in [0.25, 0.3) is 0 Å². The molecule has 0 saturated carbocycles. The molecule has 0 rings (SSSR count). The predicted molar refractivity (Wildman–Crippen MR) is 58.5 cm³/mol. The van der Waals surface area contributed by atoms with Gasteiger partial charge >= 0.3 is 5.97 Å². The largest absolute Gasteiger partial charge is 0.480 e. The maximum atomic E-state index is 11.3. The van der Waals surface area contributed by atoms with Crippen molar-refractivity contribution in [1.82, 2.24) is 4.90 Å². The van der Waals surface area contributed by atoms with Crippen LogP contribution in [-0.2, 0) is 4.79 Å². The van der Waals surface area contributed by atoms with Crippen LogP contribution in [0.3, 0.4) is 0 Å². The number of likely N-dealkylation sites (N-methyl/N-ethyl adjacent to an activating group) is 1. The first-order chi connectivity index (χ1) is 6.46. The van der Waals surface area contributed by atoms with Gasteiger partial charge in [0.2, 0.25) is 0 Å². The maximum Gasteiger partial charge on any atom is 0.324 e. The van der Waals surface area contributed by atoms with E-state index in [-0.39, 0.29) is 0 Å². The second-order valence-electron chi connectivity index (χ2n) is 3.91. The molecule has 1 atom stereocenters. The van der Waals surface area contributed by atoms with E-state index >= 15 is 0 Å². The Morgan fingerprint density at radius 3 is 2.00 bits per heavy atom. The third kappa shape index (κ3) is 2.27. The predicted octanol–water partition coefficient (Wildman–Crippen LogP) is 2.36. The summed E-state index contributed by atoms with van der Waals surface area (Å²) in [6.07, 6.45) is 2.28. The van der Waals surface area contributed by atoms with Crippen LogP contribution in [0.4, 0.5) is 0 Å². The number of carboxylic acid groups (broad SMARTS) is 1. The molecule has 0 amide bonds. The molecule has 0 aromatic heterocycles. The minimum atomic E-state index is -0.703. The molecule has 0 fully saturated rings. The average molecular weight is 201 g/mol. The van der Waals surface area contributed by atoms with Gasteiger partial charge in [-0.1, -0.05) is 20.8 Å². The lowest BCUT2D eigenvalue weighted by Gasteiger charge is -2.40. The van der Waals surface area contributed by atoms with Crippen LogP contribution in [-0.4, -0.2) is 34.6 Å². The van der Waals surface area contributed by atoms with Gasteiger partial charge in [0.1, 0.15) is 5.54 Å². The van der Waals surface area contributed by atoms with E-state index in [1.165, 1.54) is 0 Å². The number of aliphatic carboxylic acids is 1. The zero-order valence-electron chi connectivity index (χ0n) is 10.0. The summed E-state index contributed by atoms with van der Waals surface area (Å²) in [5.41, 5.74) is -0.685. The summed E-state index contributed by atoms with van der Waals surface area (Å²) in [6.45, 7) is 8.04. The molecule has 0 aliphatic carbocycles. The summed E-state index contributed by atoms with van der Waals surface area (Å²) in [5.74, 6) is -0.703. The van der Waals surface area contributed by atoms with Crippen molar-refractivity contribution in [2.75, 3.05) is 7.05 Å². The van der Waals surface area contributed by atoms with Crippen molar-refractivity contribution < 1.29 is 9.90 Å². The fourth-order valence-corrected chi connectivity index (χ4v) is 1.90. The normalized spacial score (nSPS) is 14.4. The smallest absolute Gasteiger partial charge is 0.324 e. The van der Waals surface area contributed by atoms with E-state index in [0.717, 1.165) is 6.42 Å². The zero-order chi connectivity index (χ0) is 11.4. The molecular weight excluding hydrogens is 178 g/mol. The van der Waals surface area contributed by atoms with Crippen LogP contribution in [0.2, 0.25) is 0 Å². The Labute approximate surface area is 87.1 Å². The molecular formula is C11H23NO2. The highest BCUT2D eigenvalue weighted by Crippen LogP contribution is 2.25. The maximum absolute atomic E-state index is 11.3. The van der Waals surface area contributed by atoms with Crippen molar-refractivity contribution in [3.05, 3.63) is 0 Å². The van der Waals surface area contributed by atoms with Crippen molar-refractivity contribution in [1.29, 1.82) is 0 Å². The van der Waals surface area contributed by atoms with Crippen molar-refractivity contribution >= 4 is 5.97 Å². The number of hydrogen-bond donors (Lipinski definition) is 1. The molecule has 3 nitrogen and oxygen atoms in total. The van der Waals surface area contributed by atoms with E-state index < -0.39 is 11.5 Å². The third-order valence-electron chi connectivity index (χ3n) is 3.50. The highest BCUT2D eigenvalue weighted by Gasteiger charge is 2.40. The standard InChI is InChI=1S/C11H23NO2/c1-6-9(4)12(5)11(7-2,8-3)10(13)14/h9H,6-8H2,1-5H3,(H,13,14). The summed E-state index contributed by atoms with van der Waals surface area (Å²) in [4.78, 5) is 13.3. The van der Waals surface area contributed by atoms with Gasteiger partial charge in [-0.15, -0.1) is 0 Å². The molecule has 0 aliphatic rings. The summed E-state index contributed by atoms with van der Waals surface area (Å²) < 4.78 is 0. The number of hydrogen-bond acceptors (Lipinski definition) is 2. The highest BCUT2D eigenvalue weighted by molar-refractivity contribution is 5.78. The van der Waals surface area contributed by atoms with Crippen LogP contribution in [0.15, 0.2) is 0 Å². The van der Waals surface area contributed by atoms with Gasteiger partial charge in [0.05, 0.1) is 0 Å². The molecule has 1 unspecified atom stereocenters. The molecule has 0 bridgehead atoms. The fourth-order valence-electron chi connectivity index (χ4n) is 1.90. The van der Waals surface area contributed by atoms with Crippen LogP contribution in [0, 0.1) is 0 Å². The van der Waals surface area contributed by atoms with Gasteiger partial charge in [-0.2, -0.15) is 0 Å². The van der Waals surface area contributed by atoms with Gasteiger partial charge in [0.15, 0.2) is 0 Å². The zero-order valence-corrected chi connectivity index (χ0v) is 10.0. The van der Waals surface area contributed by atoms with Crippen LogP contribution < -0.4 is 0 Å². The van der Waals surface area contributed by atoms with Crippen LogP contribution in [0.25, 0.3) is 0 Å². The third-order valence-corrected chi connectivity index (χ3v) is 3.50. The molecule has 84 valence electrons. The first-order valence-corrected chi connectivity index (χ1v) is 5.42. The topological polar surface area (TPSA) is 40.5 Å². The van der Waals surface area contributed by atoms with Gasteiger partial charge in [-0.3, -0.25) is 9.69 Å². The highest BCUT2D eigenvalue weighted by atomic mass is 16.4. The SMILES string of the molecule is CCC(C)N(C)C(CC)(CC)C(=O)O. The Balaban J connectivity index is 4.88. The van der Waals surface area contributed by atoms with Crippen molar-refractivity contribution in [3.63, 3.8) is 0 Å². The van der Waals surface area contributed by atoms with Crippen molar-refractivity contribution in [3.8, 4) is 0 Å². The fraction of sp³-hybridized carbons (Fsp3) is 0.909. The van der Waals surface area contributed by atoms with E-state index in [1.54, 1.807) is 0 Å². The second kappa shape index (κ2) is 5.35. The molecule has 0 heterocycles. The van der Waals surface area contributed by atoms with Crippen LogP contribution in [0.1, 0.15) is 47.0 Å². The summed E-state index contributed by atoms with van der Waals surface area (Å²) in [6, 6.07) is 0.311. The molecule has 0 aliphatic heterocycles. The Morgan fingerprint density at radius 2 is 1.79 bits per heavy atom. The number of rotatable bonds is 6. The quantitative estimate of drug-likeness (QED) is 0.717. The molecule has 0 aromatic rings. The minimum Gasteiger partial charge on any atom is -0.480 e. The first kappa shape index (κ1) is 13.4. The number of carbonyl (C=O) groups is 1. The first-order valence-electron chi connectivity index (χ1n) is 5.42. The minimum absolute atomic E-state index is 0.311. The second-order valence-corrected chi connectivity index (χ2v) is 3.91. The lowest BCUT2D eigenvalue weighted by Crippen LogP contribution is -2.55.